The van der Waals surface area contributed by atoms with Crippen LogP contribution in [0.4, 0.5) is 0 Å². The molecular formula is C19H23N3O3. The molecule has 1 unspecified atom stereocenters. The Bertz CT molecular complexity index is 722. The van der Waals surface area contributed by atoms with Crippen molar-refractivity contribution in [1.29, 1.82) is 0 Å². The van der Waals surface area contributed by atoms with Gasteiger partial charge in [0.05, 0.1) is 12.0 Å². The topological polar surface area (TPSA) is 69.7 Å². The van der Waals surface area contributed by atoms with Crippen LogP contribution in [0.5, 0.6) is 0 Å². The van der Waals surface area contributed by atoms with Crippen molar-refractivity contribution in [2.75, 3.05) is 19.6 Å². The maximum absolute atomic E-state index is 12.5. The molecule has 2 saturated heterocycles. The molecular weight excluding hydrogens is 318 g/mol. The Morgan fingerprint density at radius 2 is 1.92 bits per heavy atom. The van der Waals surface area contributed by atoms with Crippen LogP contribution in [0.3, 0.4) is 0 Å². The quantitative estimate of drug-likeness (QED) is 0.886. The molecule has 0 bridgehead atoms. The molecule has 3 amide bonds. The van der Waals surface area contributed by atoms with E-state index in [0.29, 0.717) is 37.7 Å². The van der Waals surface area contributed by atoms with Crippen LogP contribution >= 0.6 is 0 Å². The van der Waals surface area contributed by atoms with E-state index in [-0.39, 0.29) is 29.7 Å². The van der Waals surface area contributed by atoms with Crippen LogP contribution < -0.4 is 5.32 Å². The predicted octanol–water partition coefficient (Wildman–Crippen LogP) is 0.947. The normalized spacial score (nSPS) is 23.6. The molecule has 1 aromatic rings. The third-order valence-corrected chi connectivity index (χ3v) is 5.31. The third-order valence-electron chi connectivity index (χ3n) is 5.31. The maximum Gasteiger partial charge on any atom is 0.254 e. The van der Waals surface area contributed by atoms with Crippen molar-refractivity contribution in [3.63, 3.8) is 0 Å². The molecule has 3 aliphatic rings. The van der Waals surface area contributed by atoms with Crippen LogP contribution in [0.15, 0.2) is 24.3 Å². The minimum atomic E-state index is -0.241. The molecule has 1 aliphatic carbocycles. The molecule has 6 nitrogen and oxygen atoms in total. The van der Waals surface area contributed by atoms with E-state index >= 15 is 0 Å². The van der Waals surface area contributed by atoms with Crippen molar-refractivity contribution in [3.05, 3.63) is 35.4 Å². The number of nitrogens with one attached hydrogen (secondary N) is 1. The number of aryl methyl sites for hydroxylation is 1. The van der Waals surface area contributed by atoms with Crippen molar-refractivity contribution < 1.29 is 14.4 Å². The van der Waals surface area contributed by atoms with E-state index in [1.807, 2.05) is 31.2 Å². The molecule has 1 saturated carbocycles. The van der Waals surface area contributed by atoms with Crippen LogP contribution in [0.2, 0.25) is 0 Å². The SMILES string of the molecule is Cc1cccc(C(=O)N2CC(N3CC(C(=O)NC4CC4)CC3=O)C2)c1. The number of amides is 3. The van der Waals surface area contributed by atoms with Crippen molar-refractivity contribution in [2.45, 2.75) is 38.3 Å². The molecule has 132 valence electrons. The second-order valence-electron chi connectivity index (χ2n) is 7.46. The Hall–Kier alpha value is -2.37. The zero-order valence-corrected chi connectivity index (χ0v) is 14.4. The average molecular weight is 341 g/mol. The van der Waals surface area contributed by atoms with Gasteiger partial charge in [0.2, 0.25) is 11.8 Å². The highest BCUT2D eigenvalue weighted by molar-refractivity contribution is 5.95. The number of nitrogens with zero attached hydrogens (tertiary/aromatic N) is 2. The first kappa shape index (κ1) is 16.1. The second-order valence-corrected chi connectivity index (χ2v) is 7.46. The minimum absolute atomic E-state index is 0.00497. The van der Waals surface area contributed by atoms with Gasteiger partial charge in [-0.25, -0.2) is 0 Å². The average Bonchev–Trinajstić information content (AvgIpc) is 3.27. The van der Waals surface area contributed by atoms with Gasteiger partial charge in [0, 0.05) is 37.7 Å². The van der Waals surface area contributed by atoms with Gasteiger partial charge in [-0.3, -0.25) is 14.4 Å². The summed E-state index contributed by atoms with van der Waals surface area (Å²) in [7, 11) is 0. The van der Waals surface area contributed by atoms with Gasteiger partial charge in [0.15, 0.2) is 0 Å². The molecule has 0 aromatic heterocycles. The molecule has 2 aliphatic heterocycles. The summed E-state index contributed by atoms with van der Waals surface area (Å²) in [5.41, 5.74) is 1.75. The van der Waals surface area contributed by atoms with E-state index in [2.05, 4.69) is 5.32 Å². The molecule has 2 heterocycles. The number of carbonyl (C=O) groups is 3. The van der Waals surface area contributed by atoms with E-state index in [1.165, 1.54) is 0 Å². The number of rotatable bonds is 4. The Labute approximate surface area is 147 Å². The number of hydrogen-bond donors (Lipinski definition) is 1. The lowest BCUT2D eigenvalue weighted by molar-refractivity contribution is -0.132. The maximum atomic E-state index is 12.5. The van der Waals surface area contributed by atoms with Crippen molar-refractivity contribution in [1.82, 2.24) is 15.1 Å². The molecule has 6 heteroatoms. The highest BCUT2D eigenvalue weighted by Gasteiger charge is 2.44. The highest BCUT2D eigenvalue weighted by Crippen LogP contribution is 2.27. The molecule has 0 radical (unpaired) electrons. The summed E-state index contributed by atoms with van der Waals surface area (Å²) < 4.78 is 0. The van der Waals surface area contributed by atoms with Crippen LogP contribution in [0, 0.1) is 12.8 Å². The van der Waals surface area contributed by atoms with Crippen LogP contribution in [0.1, 0.15) is 35.2 Å². The number of hydrogen-bond acceptors (Lipinski definition) is 3. The Morgan fingerprint density at radius 3 is 2.60 bits per heavy atom. The zero-order valence-electron chi connectivity index (χ0n) is 14.4. The lowest BCUT2D eigenvalue weighted by Gasteiger charge is -2.44. The first-order valence-corrected chi connectivity index (χ1v) is 8.97. The monoisotopic (exact) mass is 341 g/mol. The fraction of sp³-hybridized carbons (Fsp3) is 0.526. The van der Waals surface area contributed by atoms with Crippen molar-refractivity contribution in [2.24, 2.45) is 5.92 Å². The number of carbonyl (C=O) groups excluding carboxylic acids is 3. The van der Waals surface area contributed by atoms with Gasteiger partial charge in [-0.15, -0.1) is 0 Å². The summed E-state index contributed by atoms with van der Waals surface area (Å²) in [5, 5.41) is 2.98. The second kappa shape index (κ2) is 6.17. The number of likely N-dealkylation sites (tertiary alicyclic amines) is 2. The third kappa shape index (κ3) is 3.25. The van der Waals surface area contributed by atoms with E-state index < -0.39 is 0 Å². The van der Waals surface area contributed by atoms with Crippen LogP contribution in [0.25, 0.3) is 0 Å². The summed E-state index contributed by atoms with van der Waals surface area (Å²) in [5.74, 6) is -0.196. The molecule has 1 N–H and O–H groups in total. The van der Waals surface area contributed by atoms with Gasteiger partial charge in [-0.05, 0) is 31.9 Å². The molecule has 25 heavy (non-hydrogen) atoms. The van der Waals surface area contributed by atoms with Gasteiger partial charge in [-0.1, -0.05) is 17.7 Å². The Morgan fingerprint density at radius 1 is 1.16 bits per heavy atom. The van der Waals surface area contributed by atoms with E-state index in [0.717, 1.165) is 18.4 Å². The summed E-state index contributed by atoms with van der Waals surface area (Å²) in [6, 6.07) is 7.91. The first-order chi connectivity index (χ1) is 12.0. The minimum Gasteiger partial charge on any atom is -0.353 e. The Balaban J connectivity index is 1.32. The fourth-order valence-electron chi connectivity index (χ4n) is 3.59. The van der Waals surface area contributed by atoms with E-state index in [9.17, 15) is 14.4 Å². The van der Waals surface area contributed by atoms with Gasteiger partial charge < -0.3 is 15.1 Å². The fourth-order valence-corrected chi connectivity index (χ4v) is 3.59. The molecule has 4 rings (SSSR count). The van der Waals surface area contributed by atoms with E-state index in [1.54, 1.807) is 9.80 Å². The molecule has 0 spiro atoms. The van der Waals surface area contributed by atoms with Crippen molar-refractivity contribution in [3.8, 4) is 0 Å². The van der Waals surface area contributed by atoms with Crippen molar-refractivity contribution >= 4 is 17.7 Å². The molecule has 3 fully saturated rings. The smallest absolute Gasteiger partial charge is 0.254 e. The van der Waals surface area contributed by atoms with Gasteiger partial charge in [0.25, 0.3) is 5.91 Å². The highest BCUT2D eigenvalue weighted by atomic mass is 16.2. The lowest BCUT2D eigenvalue weighted by Crippen LogP contribution is -2.61. The summed E-state index contributed by atoms with van der Waals surface area (Å²) in [6.07, 6.45) is 2.39. The van der Waals surface area contributed by atoms with Gasteiger partial charge >= 0.3 is 0 Å². The van der Waals surface area contributed by atoms with E-state index in [4.69, 9.17) is 0 Å². The van der Waals surface area contributed by atoms with Crippen LogP contribution in [-0.4, -0.2) is 59.2 Å². The molecule has 1 atom stereocenters. The molecule has 1 aromatic carbocycles. The summed E-state index contributed by atoms with van der Waals surface area (Å²) in [6.45, 7) is 3.55. The standard InChI is InChI=1S/C19H23N3O3/c1-12-3-2-4-13(7-12)19(25)21-10-16(11-21)22-9-14(8-17(22)23)18(24)20-15-5-6-15/h2-4,7,14-16H,5-6,8-11H2,1H3,(H,20,24). The van der Waals surface area contributed by atoms with Crippen LogP contribution in [-0.2, 0) is 9.59 Å². The largest absolute Gasteiger partial charge is 0.353 e. The lowest BCUT2D eigenvalue weighted by atomic mass is 10.0. The zero-order chi connectivity index (χ0) is 17.6. The first-order valence-electron chi connectivity index (χ1n) is 8.97. The number of benzene rings is 1. The predicted molar refractivity (Wildman–Crippen MR) is 91.9 cm³/mol. The van der Waals surface area contributed by atoms with Gasteiger partial charge in [-0.2, -0.15) is 0 Å². The summed E-state index contributed by atoms with van der Waals surface area (Å²) >= 11 is 0. The Kier molecular flexibility index (Phi) is 3.98. The summed E-state index contributed by atoms with van der Waals surface area (Å²) in [4.78, 5) is 40.4. The van der Waals surface area contributed by atoms with Gasteiger partial charge in [0.1, 0.15) is 0 Å².